The number of ether oxygens (including phenoxy) is 1. The number of nitrogens with zero attached hydrogens (tertiary/aromatic N) is 1. The zero-order valence-electron chi connectivity index (χ0n) is 11.1. The van der Waals surface area contributed by atoms with Crippen LogP contribution < -0.4 is 10.5 Å². The third kappa shape index (κ3) is 3.05. The molecule has 0 radical (unpaired) electrons. The zero-order chi connectivity index (χ0) is 15.7. The van der Waals surface area contributed by atoms with Gasteiger partial charge in [-0.3, -0.25) is 0 Å². The van der Waals surface area contributed by atoms with E-state index in [-0.39, 0.29) is 28.7 Å². The summed E-state index contributed by atoms with van der Waals surface area (Å²) in [5.74, 6) is -3.69. The highest BCUT2D eigenvalue weighted by Crippen LogP contribution is 2.36. The normalized spacial score (nSPS) is 10.0. The minimum absolute atomic E-state index is 0. The molecule has 9 heteroatoms. The molecule has 0 saturated carbocycles. The van der Waals surface area contributed by atoms with Crippen LogP contribution >= 0.6 is 24.0 Å². The number of anilines is 1. The van der Waals surface area contributed by atoms with Gasteiger partial charge in [0.25, 0.3) is 0 Å². The van der Waals surface area contributed by atoms with Crippen LogP contribution in [0.4, 0.5) is 14.5 Å². The van der Waals surface area contributed by atoms with Crippen LogP contribution in [0.5, 0.6) is 5.75 Å². The van der Waals surface area contributed by atoms with Crippen molar-refractivity contribution in [3.8, 4) is 17.0 Å². The Labute approximate surface area is 135 Å². The second-order valence-corrected chi connectivity index (χ2v) is 4.41. The molecule has 0 aliphatic heterocycles. The van der Waals surface area contributed by atoms with Crippen molar-refractivity contribution in [1.82, 2.24) is 4.98 Å². The number of halogens is 4. The summed E-state index contributed by atoms with van der Waals surface area (Å²) in [6, 6.07) is 3.30. The molecular weight excluding hydrogens is 341 g/mol. The molecule has 0 aliphatic rings. The molecule has 3 N–H and O–H groups in total. The highest BCUT2D eigenvalue weighted by atomic mass is 35.5. The van der Waals surface area contributed by atoms with Crippen LogP contribution in [-0.4, -0.2) is 23.2 Å². The van der Waals surface area contributed by atoms with Gasteiger partial charge < -0.3 is 15.6 Å². The van der Waals surface area contributed by atoms with Crippen LogP contribution in [0.3, 0.4) is 0 Å². The maximum absolute atomic E-state index is 14.3. The van der Waals surface area contributed by atoms with Crippen molar-refractivity contribution < 1.29 is 23.4 Å². The first-order valence-corrected chi connectivity index (χ1v) is 5.96. The quantitative estimate of drug-likeness (QED) is 0.885. The first-order valence-electron chi connectivity index (χ1n) is 5.58. The number of rotatable bonds is 3. The molecule has 0 aliphatic carbocycles. The van der Waals surface area contributed by atoms with Crippen LogP contribution in [0.15, 0.2) is 18.2 Å². The molecule has 0 fully saturated rings. The summed E-state index contributed by atoms with van der Waals surface area (Å²) in [5.41, 5.74) is 3.60. The lowest BCUT2D eigenvalue weighted by atomic mass is 10.1. The summed E-state index contributed by atoms with van der Waals surface area (Å²) in [6.45, 7) is 0. The van der Waals surface area contributed by atoms with Gasteiger partial charge in [0.05, 0.1) is 17.8 Å². The number of aromatic carboxylic acids is 1. The number of nitrogens with two attached hydrogens (primary N) is 1. The number of methoxy groups -OCH3 is 1. The van der Waals surface area contributed by atoms with Crippen LogP contribution in [0, 0.1) is 11.6 Å². The van der Waals surface area contributed by atoms with Gasteiger partial charge in [0.1, 0.15) is 5.69 Å². The van der Waals surface area contributed by atoms with Gasteiger partial charge in [0.2, 0.25) is 0 Å². The minimum Gasteiger partial charge on any atom is -0.492 e. The number of carboxylic acid groups (broad SMARTS) is 1. The Morgan fingerprint density at radius 1 is 1.36 bits per heavy atom. The van der Waals surface area contributed by atoms with Gasteiger partial charge in [-0.15, -0.1) is 12.4 Å². The monoisotopic (exact) mass is 350 g/mol. The van der Waals surface area contributed by atoms with Crippen LogP contribution in [0.1, 0.15) is 10.5 Å². The fourth-order valence-corrected chi connectivity index (χ4v) is 1.96. The molecule has 2 aromatic rings. The molecular formula is C13H10Cl2F2N2O3. The number of pyridine rings is 1. The highest BCUT2D eigenvalue weighted by molar-refractivity contribution is 6.32. The summed E-state index contributed by atoms with van der Waals surface area (Å²) in [7, 11) is 1.19. The number of carbonyl (C=O) groups is 1. The minimum atomic E-state index is -1.41. The van der Waals surface area contributed by atoms with Crippen LogP contribution in [0.25, 0.3) is 11.3 Å². The zero-order valence-corrected chi connectivity index (χ0v) is 12.6. The van der Waals surface area contributed by atoms with Gasteiger partial charge in [0, 0.05) is 5.56 Å². The molecule has 1 aromatic carbocycles. The molecule has 0 unspecified atom stereocenters. The molecule has 22 heavy (non-hydrogen) atoms. The number of aromatic nitrogens is 1. The SMILES string of the molecule is COc1c(Cl)ccc(-c2nc(C(=O)O)cc(N)c2F)c1F.Cl. The fraction of sp³-hybridized carbons (Fsp3) is 0.0769. The average molecular weight is 351 g/mol. The topological polar surface area (TPSA) is 85.4 Å². The maximum Gasteiger partial charge on any atom is 0.354 e. The van der Waals surface area contributed by atoms with Crippen molar-refractivity contribution in [2.45, 2.75) is 0 Å². The highest BCUT2D eigenvalue weighted by Gasteiger charge is 2.21. The average Bonchev–Trinajstić information content (AvgIpc) is 2.43. The Kier molecular flexibility index (Phi) is 5.51. The Bertz CT molecular complexity index is 742. The lowest BCUT2D eigenvalue weighted by molar-refractivity contribution is 0.0690. The van der Waals surface area contributed by atoms with Crippen molar-refractivity contribution in [1.29, 1.82) is 0 Å². The molecule has 0 amide bonds. The Balaban J connectivity index is 0.00000242. The fourth-order valence-electron chi connectivity index (χ4n) is 1.74. The van der Waals surface area contributed by atoms with E-state index in [0.29, 0.717) is 0 Å². The molecule has 1 aromatic heterocycles. The van der Waals surface area contributed by atoms with Crippen molar-refractivity contribution in [2.75, 3.05) is 12.8 Å². The number of nitrogen functional groups attached to an aromatic ring is 1. The summed E-state index contributed by atoms with van der Waals surface area (Å²) in [6.07, 6.45) is 0. The molecule has 0 spiro atoms. The van der Waals surface area contributed by atoms with Gasteiger partial charge in [-0.2, -0.15) is 0 Å². The third-order valence-electron chi connectivity index (χ3n) is 2.71. The van der Waals surface area contributed by atoms with Crippen LogP contribution in [-0.2, 0) is 0 Å². The van der Waals surface area contributed by atoms with E-state index < -0.39 is 34.7 Å². The lowest BCUT2D eigenvalue weighted by Crippen LogP contribution is -2.07. The van der Waals surface area contributed by atoms with Crippen molar-refractivity contribution in [3.05, 3.63) is 40.6 Å². The van der Waals surface area contributed by atoms with E-state index in [1.807, 2.05) is 0 Å². The van der Waals surface area contributed by atoms with E-state index in [9.17, 15) is 13.6 Å². The summed E-state index contributed by atoms with van der Waals surface area (Å²) in [5, 5.41) is 8.89. The van der Waals surface area contributed by atoms with E-state index in [1.165, 1.54) is 13.2 Å². The van der Waals surface area contributed by atoms with E-state index in [2.05, 4.69) is 4.98 Å². The molecule has 1 heterocycles. The molecule has 0 bridgehead atoms. The molecule has 0 atom stereocenters. The predicted molar refractivity (Wildman–Crippen MR) is 79.8 cm³/mol. The summed E-state index contributed by atoms with van der Waals surface area (Å²) < 4.78 is 33.1. The van der Waals surface area contributed by atoms with Gasteiger partial charge in [-0.05, 0) is 18.2 Å². The van der Waals surface area contributed by atoms with Crippen molar-refractivity contribution in [2.24, 2.45) is 0 Å². The number of hydrogen-bond acceptors (Lipinski definition) is 4. The molecule has 5 nitrogen and oxygen atoms in total. The van der Waals surface area contributed by atoms with Crippen LogP contribution in [0.2, 0.25) is 5.02 Å². The van der Waals surface area contributed by atoms with E-state index >= 15 is 0 Å². The second-order valence-electron chi connectivity index (χ2n) is 4.01. The Morgan fingerprint density at radius 2 is 2.00 bits per heavy atom. The first kappa shape index (κ1) is 17.9. The molecule has 118 valence electrons. The van der Waals surface area contributed by atoms with E-state index in [4.69, 9.17) is 27.2 Å². The smallest absolute Gasteiger partial charge is 0.354 e. The van der Waals surface area contributed by atoms with Gasteiger partial charge in [-0.1, -0.05) is 11.6 Å². The standard InChI is InChI=1S/C13H9ClF2N2O3.ClH/c1-21-12-6(14)3-2-5(9(12)15)11-10(16)7(17)4-8(18-11)13(19)20;/h2-4H,1H3,(H2,17,18)(H,19,20);1H. The largest absolute Gasteiger partial charge is 0.492 e. The molecule has 0 saturated heterocycles. The van der Waals surface area contributed by atoms with Gasteiger partial charge in [-0.25, -0.2) is 18.6 Å². The van der Waals surface area contributed by atoms with Crippen molar-refractivity contribution >= 4 is 35.7 Å². The van der Waals surface area contributed by atoms with E-state index in [0.717, 1.165) is 12.1 Å². The second kappa shape index (κ2) is 6.76. The molecule has 2 rings (SSSR count). The Morgan fingerprint density at radius 3 is 2.55 bits per heavy atom. The van der Waals surface area contributed by atoms with Gasteiger partial charge >= 0.3 is 5.97 Å². The first-order chi connectivity index (χ1) is 9.86. The third-order valence-corrected chi connectivity index (χ3v) is 3.01. The van der Waals surface area contributed by atoms with Gasteiger partial charge in [0.15, 0.2) is 23.1 Å². The summed E-state index contributed by atoms with van der Waals surface area (Å²) in [4.78, 5) is 14.5. The number of benzene rings is 1. The predicted octanol–water partition coefficient (Wildman–Crippen LogP) is 3.39. The van der Waals surface area contributed by atoms with E-state index in [1.54, 1.807) is 0 Å². The summed E-state index contributed by atoms with van der Waals surface area (Å²) >= 11 is 5.74. The Hall–Kier alpha value is -2.12. The number of carboxylic acids is 1. The lowest BCUT2D eigenvalue weighted by Gasteiger charge is -2.11. The number of hydrogen-bond donors (Lipinski definition) is 2. The maximum atomic E-state index is 14.3. The van der Waals surface area contributed by atoms with Crippen molar-refractivity contribution in [3.63, 3.8) is 0 Å².